The third kappa shape index (κ3) is 6.02. The maximum Gasteiger partial charge on any atom is 0.326 e. The number of aliphatic carboxylic acids is 1. The average Bonchev–Trinajstić information content (AvgIpc) is 3.17. The highest BCUT2D eigenvalue weighted by Crippen LogP contribution is 2.19. The van der Waals surface area contributed by atoms with Crippen LogP contribution in [0.5, 0.6) is 0 Å². The number of carbonyl (C=O) groups excluding carboxylic acids is 3. The second-order valence-electron chi connectivity index (χ2n) is 7.30. The normalized spacial score (nSPS) is 19.1. The predicted molar refractivity (Wildman–Crippen MR) is 106 cm³/mol. The van der Waals surface area contributed by atoms with Crippen molar-refractivity contribution >= 4 is 23.7 Å². The highest BCUT2D eigenvalue weighted by atomic mass is 16.4. The molecule has 0 aromatic heterocycles. The molecule has 0 saturated carbocycles. The Bertz CT molecular complexity index is 752. The highest BCUT2D eigenvalue weighted by molar-refractivity contribution is 5.94. The number of hydrogen-bond acceptors (Lipinski definition) is 5. The Morgan fingerprint density at radius 1 is 1.17 bits per heavy atom. The molecule has 0 radical (unpaired) electrons. The highest BCUT2D eigenvalue weighted by Gasteiger charge is 2.37. The molecule has 158 valence electrons. The van der Waals surface area contributed by atoms with Gasteiger partial charge in [-0.15, -0.1) is 0 Å². The molecule has 9 nitrogen and oxygen atoms in total. The molecule has 1 aliphatic heterocycles. The van der Waals surface area contributed by atoms with Crippen molar-refractivity contribution in [3.05, 3.63) is 35.9 Å². The molecule has 0 bridgehead atoms. The van der Waals surface area contributed by atoms with Gasteiger partial charge in [0.05, 0.1) is 6.04 Å². The number of hydrogen-bond donors (Lipinski definition) is 4. The second-order valence-corrected chi connectivity index (χ2v) is 7.30. The van der Waals surface area contributed by atoms with Gasteiger partial charge in [0.2, 0.25) is 17.7 Å². The van der Waals surface area contributed by atoms with E-state index in [2.05, 4.69) is 10.6 Å². The zero-order chi connectivity index (χ0) is 21.6. The van der Waals surface area contributed by atoms with Gasteiger partial charge >= 0.3 is 5.97 Å². The van der Waals surface area contributed by atoms with E-state index in [-0.39, 0.29) is 6.42 Å². The largest absolute Gasteiger partial charge is 0.480 e. The van der Waals surface area contributed by atoms with Gasteiger partial charge in [-0.05, 0) is 32.3 Å². The number of benzene rings is 1. The van der Waals surface area contributed by atoms with Crippen molar-refractivity contribution in [2.75, 3.05) is 6.54 Å². The molecule has 0 spiro atoms. The van der Waals surface area contributed by atoms with Crippen molar-refractivity contribution in [3.8, 4) is 0 Å². The van der Waals surface area contributed by atoms with Crippen LogP contribution in [0.1, 0.15) is 32.3 Å². The fourth-order valence-corrected chi connectivity index (χ4v) is 3.28. The second kappa shape index (κ2) is 10.0. The molecule has 4 unspecified atom stereocenters. The zero-order valence-corrected chi connectivity index (χ0v) is 16.6. The van der Waals surface area contributed by atoms with E-state index in [1.807, 2.05) is 6.07 Å². The zero-order valence-electron chi connectivity index (χ0n) is 16.6. The Hall–Kier alpha value is -2.94. The van der Waals surface area contributed by atoms with Crippen LogP contribution in [0.25, 0.3) is 0 Å². The SMILES string of the molecule is CC(N)C(=O)NC(C)C(=O)N1CCCC1C(=O)NC(Cc1ccccc1)C(=O)O. The smallest absolute Gasteiger partial charge is 0.326 e. The maximum atomic E-state index is 12.7. The first kappa shape index (κ1) is 22.4. The Morgan fingerprint density at radius 2 is 1.83 bits per heavy atom. The Morgan fingerprint density at radius 3 is 2.41 bits per heavy atom. The van der Waals surface area contributed by atoms with Gasteiger partial charge in [-0.3, -0.25) is 14.4 Å². The lowest BCUT2D eigenvalue weighted by atomic mass is 10.1. The van der Waals surface area contributed by atoms with E-state index in [1.54, 1.807) is 24.3 Å². The number of carboxylic acids is 1. The Kier molecular flexibility index (Phi) is 7.72. The number of rotatable bonds is 8. The lowest BCUT2D eigenvalue weighted by molar-refractivity contribution is -0.144. The number of likely N-dealkylation sites (tertiary alicyclic amines) is 1. The first-order valence-electron chi connectivity index (χ1n) is 9.64. The number of amides is 3. The predicted octanol–water partition coefficient (Wildman–Crippen LogP) is -0.359. The summed E-state index contributed by atoms with van der Waals surface area (Å²) in [6.45, 7) is 3.41. The Labute approximate surface area is 169 Å². The fourth-order valence-electron chi connectivity index (χ4n) is 3.28. The third-order valence-corrected chi connectivity index (χ3v) is 4.88. The molecule has 1 saturated heterocycles. The lowest BCUT2D eigenvalue weighted by Gasteiger charge is -2.28. The summed E-state index contributed by atoms with van der Waals surface area (Å²) in [6, 6.07) is 5.54. The van der Waals surface area contributed by atoms with Crippen LogP contribution in [-0.2, 0) is 25.6 Å². The van der Waals surface area contributed by atoms with Gasteiger partial charge in [-0.1, -0.05) is 30.3 Å². The molecule has 0 aliphatic carbocycles. The van der Waals surface area contributed by atoms with Crippen LogP contribution < -0.4 is 16.4 Å². The van der Waals surface area contributed by atoms with Crippen LogP contribution >= 0.6 is 0 Å². The van der Waals surface area contributed by atoms with Gasteiger partial charge in [0.15, 0.2) is 0 Å². The van der Waals surface area contributed by atoms with Crippen molar-refractivity contribution in [2.45, 2.75) is 57.3 Å². The third-order valence-electron chi connectivity index (χ3n) is 4.88. The maximum absolute atomic E-state index is 12.7. The van der Waals surface area contributed by atoms with Gasteiger partial charge in [0.25, 0.3) is 0 Å². The van der Waals surface area contributed by atoms with Crippen LogP contribution in [0.4, 0.5) is 0 Å². The average molecular weight is 404 g/mol. The Balaban J connectivity index is 2.03. The molecule has 3 amide bonds. The summed E-state index contributed by atoms with van der Waals surface area (Å²) in [5.41, 5.74) is 6.29. The van der Waals surface area contributed by atoms with E-state index in [9.17, 15) is 24.3 Å². The molecule has 1 fully saturated rings. The summed E-state index contributed by atoms with van der Waals surface area (Å²) in [7, 11) is 0. The summed E-state index contributed by atoms with van der Waals surface area (Å²) in [6.07, 6.45) is 1.20. The van der Waals surface area contributed by atoms with Gasteiger partial charge in [-0.25, -0.2) is 4.79 Å². The molecule has 4 atom stereocenters. The fraction of sp³-hybridized carbons (Fsp3) is 0.500. The first-order chi connectivity index (χ1) is 13.7. The van der Waals surface area contributed by atoms with Gasteiger partial charge in [0, 0.05) is 13.0 Å². The topological polar surface area (TPSA) is 142 Å². The molecular formula is C20H28N4O5. The molecule has 1 aromatic carbocycles. The summed E-state index contributed by atoms with van der Waals surface area (Å²) >= 11 is 0. The van der Waals surface area contributed by atoms with E-state index >= 15 is 0 Å². The van der Waals surface area contributed by atoms with Gasteiger partial charge in [0.1, 0.15) is 18.1 Å². The summed E-state index contributed by atoms with van der Waals surface area (Å²) in [5, 5.41) is 14.6. The molecule has 1 aliphatic rings. The number of nitrogens with two attached hydrogens (primary N) is 1. The molecule has 1 heterocycles. The quantitative estimate of drug-likeness (QED) is 0.466. The van der Waals surface area contributed by atoms with E-state index in [0.29, 0.717) is 19.4 Å². The number of carbonyl (C=O) groups is 4. The minimum absolute atomic E-state index is 0.142. The number of nitrogens with one attached hydrogen (secondary N) is 2. The molecule has 1 aromatic rings. The number of carboxylic acid groups (broad SMARTS) is 1. The van der Waals surface area contributed by atoms with Crippen molar-refractivity contribution in [1.82, 2.24) is 15.5 Å². The van der Waals surface area contributed by atoms with Crippen molar-refractivity contribution < 1.29 is 24.3 Å². The van der Waals surface area contributed by atoms with Gasteiger partial charge in [-0.2, -0.15) is 0 Å². The summed E-state index contributed by atoms with van der Waals surface area (Å²) in [4.78, 5) is 50.2. The molecular weight excluding hydrogens is 376 g/mol. The van der Waals surface area contributed by atoms with Gasteiger partial charge < -0.3 is 26.4 Å². The van der Waals surface area contributed by atoms with E-state index in [1.165, 1.54) is 18.7 Å². The van der Waals surface area contributed by atoms with Crippen LogP contribution in [0.15, 0.2) is 30.3 Å². The van der Waals surface area contributed by atoms with Crippen LogP contribution in [0.2, 0.25) is 0 Å². The number of nitrogens with zero attached hydrogens (tertiary/aromatic N) is 1. The van der Waals surface area contributed by atoms with Crippen molar-refractivity contribution in [3.63, 3.8) is 0 Å². The van der Waals surface area contributed by atoms with E-state index < -0.39 is 47.9 Å². The molecule has 29 heavy (non-hydrogen) atoms. The van der Waals surface area contributed by atoms with Crippen molar-refractivity contribution in [1.29, 1.82) is 0 Å². The van der Waals surface area contributed by atoms with Crippen LogP contribution in [-0.4, -0.2) is 64.4 Å². The van der Waals surface area contributed by atoms with E-state index in [0.717, 1.165) is 5.56 Å². The molecule has 5 N–H and O–H groups in total. The first-order valence-corrected chi connectivity index (χ1v) is 9.64. The van der Waals surface area contributed by atoms with E-state index in [4.69, 9.17) is 5.73 Å². The molecule has 2 rings (SSSR count). The molecule has 9 heteroatoms. The van der Waals surface area contributed by atoms with Crippen LogP contribution in [0.3, 0.4) is 0 Å². The van der Waals surface area contributed by atoms with Crippen molar-refractivity contribution in [2.24, 2.45) is 5.73 Å². The van der Waals surface area contributed by atoms with Crippen LogP contribution in [0, 0.1) is 0 Å². The minimum atomic E-state index is -1.14. The summed E-state index contributed by atoms with van der Waals surface area (Å²) in [5.74, 6) is -2.51. The monoisotopic (exact) mass is 404 g/mol. The minimum Gasteiger partial charge on any atom is -0.480 e. The summed E-state index contributed by atoms with van der Waals surface area (Å²) < 4.78 is 0. The standard InChI is InChI=1S/C20H28N4O5/c1-12(21)17(25)22-13(2)19(27)24-10-6-9-16(24)18(26)23-15(20(28)29)11-14-7-4-3-5-8-14/h3-5,7-8,12-13,15-16H,6,9-11,21H2,1-2H3,(H,22,25)(H,23,26)(H,28,29). The lowest BCUT2D eigenvalue weighted by Crippen LogP contribution is -2.56.